The molecule has 1 heterocycles. The molecule has 0 unspecified atom stereocenters. The number of amides is 1. The molecule has 2 rings (SSSR count). The second-order valence-corrected chi connectivity index (χ2v) is 7.27. The van der Waals surface area contributed by atoms with Crippen molar-refractivity contribution >= 4 is 51.4 Å². The van der Waals surface area contributed by atoms with Crippen molar-refractivity contribution in [2.24, 2.45) is 0 Å². The van der Waals surface area contributed by atoms with E-state index in [4.69, 9.17) is 27.9 Å². The van der Waals surface area contributed by atoms with Crippen molar-refractivity contribution in [2.45, 2.75) is 26.9 Å². The van der Waals surface area contributed by atoms with Crippen molar-refractivity contribution in [3.8, 4) is 6.07 Å². The van der Waals surface area contributed by atoms with E-state index in [0.29, 0.717) is 10.6 Å². The first kappa shape index (κ1) is 19.3. The van der Waals surface area contributed by atoms with E-state index in [1.165, 1.54) is 12.1 Å². The zero-order chi connectivity index (χ0) is 18.7. The van der Waals surface area contributed by atoms with Gasteiger partial charge in [0.2, 0.25) is 0 Å². The Labute approximate surface area is 159 Å². The summed E-state index contributed by atoms with van der Waals surface area (Å²) < 4.78 is 5.17. The molecule has 8 heteroatoms. The van der Waals surface area contributed by atoms with Crippen LogP contribution in [-0.2, 0) is 4.74 Å². The predicted octanol–water partition coefficient (Wildman–Crippen LogP) is 5.05. The van der Waals surface area contributed by atoms with Gasteiger partial charge >= 0.3 is 5.97 Å². The van der Waals surface area contributed by atoms with Crippen molar-refractivity contribution in [2.75, 3.05) is 5.32 Å². The Morgan fingerprint density at radius 2 is 2.00 bits per heavy atom. The van der Waals surface area contributed by atoms with Crippen LogP contribution in [0.25, 0.3) is 0 Å². The van der Waals surface area contributed by atoms with Crippen LogP contribution >= 0.6 is 34.5 Å². The maximum atomic E-state index is 12.4. The lowest BCUT2D eigenvalue weighted by Gasteiger charge is -2.06. The third-order valence-electron chi connectivity index (χ3n) is 3.19. The largest absolute Gasteiger partial charge is 0.459 e. The van der Waals surface area contributed by atoms with E-state index < -0.39 is 11.9 Å². The van der Waals surface area contributed by atoms with E-state index in [1.807, 2.05) is 6.07 Å². The maximum Gasteiger partial charge on any atom is 0.348 e. The first-order chi connectivity index (χ1) is 11.7. The van der Waals surface area contributed by atoms with E-state index >= 15 is 0 Å². The van der Waals surface area contributed by atoms with E-state index in [1.54, 1.807) is 26.8 Å². The monoisotopic (exact) mass is 396 g/mol. The van der Waals surface area contributed by atoms with Gasteiger partial charge in [-0.1, -0.05) is 23.2 Å². The van der Waals surface area contributed by atoms with E-state index in [2.05, 4.69) is 5.32 Å². The summed E-state index contributed by atoms with van der Waals surface area (Å²) in [5.74, 6) is -1.03. The molecule has 0 bridgehead atoms. The van der Waals surface area contributed by atoms with Crippen molar-refractivity contribution in [1.82, 2.24) is 0 Å². The van der Waals surface area contributed by atoms with Crippen molar-refractivity contribution in [1.29, 1.82) is 5.26 Å². The van der Waals surface area contributed by atoms with Crippen LogP contribution in [0.4, 0.5) is 5.00 Å². The highest BCUT2D eigenvalue weighted by molar-refractivity contribution is 7.18. The minimum atomic E-state index is -0.529. The number of benzene rings is 1. The molecule has 0 aliphatic carbocycles. The van der Waals surface area contributed by atoms with Gasteiger partial charge in [-0.2, -0.15) is 5.26 Å². The van der Waals surface area contributed by atoms with Crippen LogP contribution in [0.3, 0.4) is 0 Å². The average molecular weight is 397 g/mol. The number of nitrogens with zero attached hydrogens (tertiary/aromatic N) is 1. The Balaban J connectivity index is 2.35. The number of halogens is 2. The van der Waals surface area contributed by atoms with Gasteiger partial charge in [0, 0.05) is 5.02 Å². The van der Waals surface area contributed by atoms with Gasteiger partial charge in [-0.25, -0.2) is 4.79 Å². The van der Waals surface area contributed by atoms with E-state index in [9.17, 15) is 14.9 Å². The van der Waals surface area contributed by atoms with E-state index in [-0.39, 0.29) is 32.1 Å². The number of hydrogen-bond acceptors (Lipinski definition) is 5. The Kier molecular flexibility index (Phi) is 6.07. The number of esters is 1. The van der Waals surface area contributed by atoms with Crippen LogP contribution in [-0.4, -0.2) is 18.0 Å². The summed E-state index contributed by atoms with van der Waals surface area (Å²) in [5.41, 5.74) is 0.905. The summed E-state index contributed by atoms with van der Waals surface area (Å²) in [4.78, 5) is 24.8. The van der Waals surface area contributed by atoms with Gasteiger partial charge in [0.1, 0.15) is 15.9 Å². The Hall–Kier alpha value is -2.07. The highest BCUT2D eigenvalue weighted by Crippen LogP contribution is 2.34. The zero-order valence-corrected chi connectivity index (χ0v) is 16.0. The molecule has 1 N–H and O–H groups in total. The molecule has 0 aliphatic heterocycles. The first-order valence-corrected chi connectivity index (χ1v) is 8.82. The molecule has 0 saturated carbocycles. The molecule has 25 heavy (non-hydrogen) atoms. The SMILES string of the molecule is Cc1c(C(=O)OC(C)C)sc(NC(=O)c2ccc(Cl)cc2Cl)c1C#N. The van der Waals surface area contributed by atoms with Crippen LogP contribution in [0.2, 0.25) is 10.0 Å². The summed E-state index contributed by atoms with van der Waals surface area (Å²) in [7, 11) is 0. The van der Waals surface area contributed by atoms with Gasteiger partial charge in [-0.05, 0) is 44.5 Å². The van der Waals surface area contributed by atoms with Crippen LogP contribution < -0.4 is 5.32 Å². The fourth-order valence-corrected chi connectivity index (χ4v) is 3.57. The Morgan fingerprint density at radius 3 is 2.56 bits per heavy atom. The number of thiophene rings is 1. The second-order valence-electron chi connectivity index (χ2n) is 5.40. The lowest BCUT2D eigenvalue weighted by molar-refractivity contribution is 0.0383. The van der Waals surface area contributed by atoms with Gasteiger partial charge in [0.05, 0.1) is 22.3 Å². The standard InChI is InChI=1S/C17H14Cl2N2O3S/c1-8(2)24-17(23)14-9(3)12(7-20)16(25-14)21-15(22)11-5-4-10(18)6-13(11)19/h4-6,8H,1-3H3,(H,21,22). The minimum absolute atomic E-state index is 0.191. The molecule has 0 aliphatic rings. The molecule has 0 atom stereocenters. The van der Waals surface area contributed by atoms with Crippen molar-refractivity contribution in [3.63, 3.8) is 0 Å². The zero-order valence-electron chi connectivity index (χ0n) is 13.6. The van der Waals surface area contributed by atoms with Gasteiger partial charge < -0.3 is 10.1 Å². The molecule has 0 spiro atoms. The summed E-state index contributed by atoms with van der Waals surface area (Å²) in [6, 6.07) is 6.49. The molecule has 1 aromatic carbocycles. The van der Waals surface area contributed by atoms with Crippen LogP contribution in [0.1, 0.15) is 45.0 Å². The topological polar surface area (TPSA) is 79.2 Å². The fraction of sp³-hybridized carbons (Fsp3) is 0.235. The molecule has 130 valence electrons. The predicted molar refractivity (Wildman–Crippen MR) is 98.7 cm³/mol. The van der Waals surface area contributed by atoms with Crippen LogP contribution in [0.5, 0.6) is 0 Å². The average Bonchev–Trinajstić information content (AvgIpc) is 2.82. The third-order valence-corrected chi connectivity index (χ3v) is 4.92. The van der Waals surface area contributed by atoms with E-state index in [0.717, 1.165) is 11.3 Å². The van der Waals surface area contributed by atoms with Gasteiger partial charge in [-0.3, -0.25) is 4.79 Å². The minimum Gasteiger partial charge on any atom is -0.459 e. The van der Waals surface area contributed by atoms with Gasteiger partial charge in [-0.15, -0.1) is 11.3 Å². The molecule has 1 amide bonds. The quantitative estimate of drug-likeness (QED) is 0.732. The molecule has 2 aromatic rings. The number of rotatable bonds is 4. The fourth-order valence-electron chi connectivity index (χ4n) is 2.04. The van der Waals surface area contributed by atoms with Crippen molar-refractivity contribution in [3.05, 3.63) is 49.8 Å². The second kappa shape index (κ2) is 7.87. The van der Waals surface area contributed by atoms with Gasteiger partial charge in [0.15, 0.2) is 0 Å². The number of nitriles is 1. The number of hydrogen-bond donors (Lipinski definition) is 1. The number of anilines is 1. The third kappa shape index (κ3) is 4.31. The lowest BCUT2D eigenvalue weighted by Crippen LogP contribution is -2.12. The molecule has 0 radical (unpaired) electrons. The highest BCUT2D eigenvalue weighted by atomic mass is 35.5. The number of ether oxygens (including phenoxy) is 1. The Bertz CT molecular complexity index is 885. The lowest BCUT2D eigenvalue weighted by atomic mass is 10.1. The highest BCUT2D eigenvalue weighted by Gasteiger charge is 2.23. The van der Waals surface area contributed by atoms with Gasteiger partial charge in [0.25, 0.3) is 5.91 Å². The molecule has 5 nitrogen and oxygen atoms in total. The van der Waals surface area contributed by atoms with Crippen molar-refractivity contribution < 1.29 is 14.3 Å². The van der Waals surface area contributed by atoms with Crippen LogP contribution in [0.15, 0.2) is 18.2 Å². The molecule has 1 aromatic heterocycles. The number of nitrogens with one attached hydrogen (secondary N) is 1. The number of carbonyl (C=O) groups is 2. The summed E-state index contributed by atoms with van der Waals surface area (Å²) in [6.45, 7) is 5.10. The maximum absolute atomic E-state index is 12.4. The number of carbonyl (C=O) groups excluding carboxylic acids is 2. The summed E-state index contributed by atoms with van der Waals surface area (Å²) >= 11 is 12.8. The molecular formula is C17H14Cl2N2O3S. The molecular weight excluding hydrogens is 383 g/mol. The summed E-state index contributed by atoms with van der Waals surface area (Å²) in [5, 5.41) is 12.9. The Morgan fingerprint density at radius 1 is 1.32 bits per heavy atom. The normalized spacial score (nSPS) is 10.4. The smallest absolute Gasteiger partial charge is 0.348 e. The van der Waals surface area contributed by atoms with Crippen LogP contribution in [0, 0.1) is 18.3 Å². The molecule has 0 saturated heterocycles. The summed E-state index contributed by atoms with van der Waals surface area (Å²) in [6.07, 6.45) is -0.287. The first-order valence-electron chi connectivity index (χ1n) is 7.25. The molecule has 0 fully saturated rings.